The molecule has 308 valence electrons. The van der Waals surface area contributed by atoms with Gasteiger partial charge >= 0.3 is 5.97 Å². The van der Waals surface area contributed by atoms with Crippen LogP contribution in [-0.2, 0) is 22.6 Å². The fraction of sp³-hybridized carbons (Fsp3) is 0.767. The van der Waals surface area contributed by atoms with Gasteiger partial charge in [0.05, 0.1) is 31.4 Å². The van der Waals surface area contributed by atoms with E-state index in [2.05, 4.69) is 32.3 Å². The van der Waals surface area contributed by atoms with E-state index in [-0.39, 0.29) is 61.3 Å². The molecule has 13 heteroatoms. The lowest BCUT2D eigenvalue weighted by Gasteiger charge is -2.58. The summed E-state index contributed by atoms with van der Waals surface area (Å²) in [6.07, 6.45) is 7.81. The van der Waals surface area contributed by atoms with Crippen molar-refractivity contribution in [2.24, 2.45) is 45.7 Å². The Labute approximate surface area is 331 Å². The highest BCUT2D eigenvalue weighted by Gasteiger charge is 2.52. The second-order valence-corrected chi connectivity index (χ2v) is 18.2. The van der Waals surface area contributed by atoms with Gasteiger partial charge in [0.1, 0.15) is 12.2 Å². The predicted octanol–water partition coefficient (Wildman–Crippen LogP) is 2.08. The molecule has 8 N–H and O–H groups in total. The van der Waals surface area contributed by atoms with Crippen LogP contribution in [0.5, 0.6) is 11.5 Å². The first-order valence-corrected chi connectivity index (χ1v) is 21.5. The molecule has 10 bridgehead atoms. The van der Waals surface area contributed by atoms with Gasteiger partial charge in [-0.15, -0.1) is 0 Å². The number of aliphatic imine (C=N–C) groups is 1. The van der Waals surface area contributed by atoms with Crippen molar-refractivity contribution in [1.82, 2.24) is 20.4 Å². The summed E-state index contributed by atoms with van der Waals surface area (Å²) in [5.41, 5.74) is 7.47. The number of nitrogens with two attached hydrogens (primary N) is 1. The largest absolute Gasteiger partial charge is 0.504 e. The van der Waals surface area contributed by atoms with E-state index in [0.29, 0.717) is 67.6 Å². The Morgan fingerprint density at radius 1 is 1.09 bits per heavy atom. The molecule has 4 saturated heterocycles. The fourth-order valence-corrected chi connectivity index (χ4v) is 11.9. The first kappa shape index (κ1) is 39.7. The molecular weight excluding hydrogens is 713 g/mol. The Morgan fingerprint density at radius 3 is 2.77 bits per heavy atom. The van der Waals surface area contributed by atoms with Gasteiger partial charge in [0.25, 0.3) is 0 Å². The number of phenolic OH excluding ortho intramolecular Hbond substituents is 1. The van der Waals surface area contributed by atoms with Crippen LogP contribution in [0.2, 0.25) is 0 Å². The van der Waals surface area contributed by atoms with E-state index in [1.54, 1.807) is 6.07 Å². The van der Waals surface area contributed by atoms with Gasteiger partial charge in [-0.3, -0.25) is 14.6 Å². The number of esters is 1. The van der Waals surface area contributed by atoms with Crippen LogP contribution >= 0.6 is 0 Å². The number of ether oxygens (including phenoxy) is 2. The van der Waals surface area contributed by atoms with E-state index in [1.165, 1.54) is 6.92 Å². The van der Waals surface area contributed by atoms with Crippen molar-refractivity contribution in [2.75, 3.05) is 46.0 Å². The van der Waals surface area contributed by atoms with Crippen LogP contribution < -0.4 is 21.1 Å². The Balaban J connectivity index is 1.23. The van der Waals surface area contributed by atoms with Crippen LogP contribution in [0.3, 0.4) is 0 Å². The van der Waals surface area contributed by atoms with E-state index in [4.69, 9.17) is 20.2 Å². The number of aliphatic hydroxyl groups is 3. The number of phenols is 1. The molecule has 14 atom stereocenters. The lowest BCUT2D eigenvalue weighted by Crippen LogP contribution is -2.66. The summed E-state index contributed by atoms with van der Waals surface area (Å²) in [4.78, 5) is 22.6. The van der Waals surface area contributed by atoms with Gasteiger partial charge in [0.15, 0.2) is 17.5 Å². The normalized spacial score (nSPS) is 41.2. The number of piperidine rings is 4. The molecule has 7 aliphatic heterocycles. The molecule has 1 aliphatic carbocycles. The molecule has 0 aromatic heterocycles. The quantitative estimate of drug-likeness (QED) is 0.176. The molecule has 0 amide bonds. The van der Waals surface area contributed by atoms with Crippen molar-refractivity contribution in [3.63, 3.8) is 0 Å². The van der Waals surface area contributed by atoms with Crippen LogP contribution in [0.15, 0.2) is 17.1 Å². The molecule has 1 aromatic rings. The highest BCUT2D eigenvalue weighted by atomic mass is 16.5. The van der Waals surface area contributed by atoms with Gasteiger partial charge in [-0.1, -0.05) is 18.3 Å². The molecular formula is C43H64N6O7. The van der Waals surface area contributed by atoms with Crippen molar-refractivity contribution in [1.29, 1.82) is 0 Å². The lowest BCUT2D eigenvalue weighted by molar-refractivity contribution is -0.152. The maximum atomic E-state index is 12.8. The molecule has 9 rings (SSSR count). The first-order valence-electron chi connectivity index (χ1n) is 21.5. The monoisotopic (exact) mass is 776 g/mol. The summed E-state index contributed by atoms with van der Waals surface area (Å²) in [7, 11) is 0. The third-order valence-corrected chi connectivity index (χ3v) is 14.7. The minimum atomic E-state index is -0.752. The number of benzene rings is 1. The number of rotatable bonds is 3. The van der Waals surface area contributed by atoms with E-state index in [0.717, 1.165) is 83.1 Å². The Hall–Kier alpha value is -3.12. The molecule has 56 heavy (non-hydrogen) atoms. The van der Waals surface area contributed by atoms with Gasteiger partial charge in [-0.25, -0.2) is 4.99 Å². The van der Waals surface area contributed by atoms with Gasteiger partial charge in [0, 0.05) is 69.5 Å². The SMILES string of the molecule is CC(=O)OC1CC(O)CCC2(C#CC3CCCC4CC(CCN4)Oc4cc(c(CO)cc4O)CC31)CNC(N)=NCN1CC3CC(C1)C1CCC2CN1C3CO. The molecule has 1 aromatic carbocycles. The predicted molar refractivity (Wildman–Crippen MR) is 211 cm³/mol. The summed E-state index contributed by atoms with van der Waals surface area (Å²) >= 11 is 0. The molecule has 4 fully saturated rings. The van der Waals surface area contributed by atoms with Gasteiger partial charge in [-0.05, 0) is 112 Å². The zero-order valence-corrected chi connectivity index (χ0v) is 33.1. The standard InChI is InChI=1S/C43H64N6O7/c1-26(52)55-40-18-34(53)8-11-43(24-46-42(44)47-25-48-19-29-13-30(20-48)38(23-51)49-21-32(43)5-6-37(29)49)10-7-27-3-2-4-33-17-35(9-12-45-33)56-41-16-28(14-36(27)40)31(22-50)15-39(41)54/h15-16,27,29-30,32-38,40,45,50-51,53-54H,2-6,8-9,11-14,17-25H2,1H3,(H3,44,46,47). The Bertz CT molecular complexity index is 1650. The Kier molecular flexibility index (Phi) is 12.1. The number of hydrogen-bond donors (Lipinski definition) is 7. The lowest BCUT2D eigenvalue weighted by atomic mass is 9.63. The first-order chi connectivity index (χ1) is 27.1. The summed E-state index contributed by atoms with van der Waals surface area (Å²) in [6.45, 7) is 5.85. The number of aromatic hydroxyl groups is 1. The van der Waals surface area contributed by atoms with E-state index in [9.17, 15) is 25.2 Å². The van der Waals surface area contributed by atoms with Crippen molar-refractivity contribution in [3.05, 3.63) is 23.3 Å². The summed E-state index contributed by atoms with van der Waals surface area (Å²) < 4.78 is 12.6. The van der Waals surface area contributed by atoms with E-state index in [1.807, 2.05) is 6.07 Å². The van der Waals surface area contributed by atoms with Crippen LogP contribution in [0.25, 0.3) is 0 Å². The van der Waals surface area contributed by atoms with Crippen molar-refractivity contribution in [3.8, 4) is 23.3 Å². The third-order valence-electron chi connectivity index (χ3n) is 14.7. The minimum Gasteiger partial charge on any atom is -0.504 e. The molecule has 1 spiro atoms. The number of carbonyl (C=O) groups is 1. The fourth-order valence-electron chi connectivity index (χ4n) is 11.9. The Morgan fingerprint density at radius 2 is 1.95 bits per heavy atom. The number of nitrogens with zero attached hydrogens (tertiary/aromatic N) is 3. The van der Waals surface area contributed by atoms with Gasteiger partial charge in [0.2, 0.25) is 0 Å². The number of nitrogens with one attached hydrogen (secondary N) is 2. The van der Waals surface area contributed by atoms with Crippen molar-refractivity contribution < 1.29 is 34.7 Å². The smallest absolute Gasteiger partial charge is 0.302 e. The maximum absolute atomic E-state index is 12.8. The summed E-state index contributed by atoms with van der Waals surface area (Å²) in [6, 6.07) is 4.20. The van der Waals surface area contributed by atoms with Crippen molar-refractivity contribution >= 4 is 11.9 Å². The second-order valence-electron chi connectivity index (χ2n) is 18.2. The zero-order valence-electron chi connectivity index (χ0n) is 33.1. The molecule has 8 aliphatic rings. The van der Waals surface area contributed by atoms with Gasteiger partial charge < -0.3 is 46.3 Å². The molecule has 7 heterocycles. The summed E-state index contributed by atoms with van der Waals surface area (Å²) in [5.74, 6) is 8.78. The maximum Gasteiger partial charge on any atom is 0.302 e. The van der Waals surface area contributed by atoms with Crippen LogP contribution in [0.4, 0.5) is 0 Å². The van der Waals surface area contributed by atoms with Crippen molar-refractivity contribution in [2.45, 2.75) is 127 Å². The number of carbonyl (C=O) groups excluding carboxylic acids is 1. The molecule has 14 unspecified atom stereocenters. The van der Waals surface area contributed by atoms with E-state index < -0.39 is 23.6 Å². The summed E-state index contributed by atoms with van der Waals surface area (Å²) in [5, 5.41) is 51.6. The van der Waals surface area contributed by atoms with Crippen LogP contribution in [-0.4, -0.2) is 125 Å². The average Bonchev–Trinajstić information content (AvgIpc) is 3.19. The van der Waals surface area contributed by atoms with E-state index >= 15 is 0 Å². The average molecular weight is 777 g/mol. The third kappa shape index (κ3) is 8.38. The number of guanidine groups is 1. The molecule has 13 nitrogen and oxygen atoms in total. The molecule has 0 saturated carbocycles. The minimum absolute atomic E-state index is 0.0000439. The highest BCUT2D eigenvalue weighted by molar-refractivity contribution is 5.77. The topological polar surface area (TPSA) is 185 Å². The van der Waals surface area contributed by atoms with Gasteiger partial charge in [-0.2, -0.15) is 0 Å². The highest BCUT2D eigenvalue weighted by Crippen LogP contribution is 2.48. The molecule has 0 radical (unpaired) electrons. The van der Waals surface area contributed by atoms with Crippen LogP contribution in [0.1, 0.15) is 88.7 Å². The number of hydrogen-bond acceptors (Lipinski definition) is 13. The number of aliphatic hydroxyl groups excluding tert-OH is 3. The number of fused-ring (bicyclic) bond motifs is 9. The van der Waals surface area contributed by atoms with Crippen LogP contribution in [0, 0.1) is 46.8 Å². The second kappa shape index (κ2) is 17.0. The zero-order chi connectivity index (χ0) is 39.0.